The van der Waals surface area contributed by atoms with Crippen molar-refractivity contribution in [2.24, 2.45) is 0 Å². The second-order valence-electron chi connectivity index (χ2n) is 4.00. The van der Waals surface area contributed by atoms with E-state index in [0.717, 1.165) is 9.80 Å². The maximum atomic E-state index is 10.6. The fourth-order valence-corrected chi connectivity index (χ4v) is 1.48. The first-order valence-electron chi connectivity index (χ1n) is 5.52. The zero-order valence-corrected chi connectivity index (χ0v) is 10.6. The molecule has 0 atom stereocenters. The summed E-state index contributed by atoms with van der Waals surface area (Å²) in [6.45, 7) is -2.25. The Hall–Kier alpha value is -0.723. The molecule has 0 aromatic carbocycles. The van der Waals surface area contributed by atoms with Gasteiger partial charge in [-0.1, -0.05) is 0 Å². The van der Waals surface area contributed by atoms with Crippen LogP contribution in [0.5, 0.6) is 0 Å². The molecule has 0 spiro atoms. The second kappa shape index (κ2) is 13.9. The minimum Gasteiger partial charge on any atom is -0.0149 e. The van der Waals surface area contributed by atoms with Crippen LogP contribution < -0.4 is 0 Å². The topological polar surface area (TPSA) is 156 Å². The van der Waals surface area contributed by atoms with Crippen LogP contribution in [0.2, 0.25) is 0 Å². The molecule has 0 rings (SSSR count). The van der Waals surface area contributed by atoms with E-state index in [0.29, 0.717) is 0 Å². The molecule has 0 fully saturated rings. The third-order valence-corrected chi connectivity index (χ3v) is 2.17. The molecule has 0 aliphatic rings. The molecule has 0 aromatic heterocycles. The quantitative estimate of drug-likeness (QED) is 0.263. The van der Waals surface area contributed by atoms with Crippen LogP contribution in [-0.2, 0) is 19.2 Å². The van der Waals surface area contributed by atoms with Crippen molar-refractivity contribution >= 4 is 72.6 Å². The molecule has 0 amide bonds. The van der Waals surface area contributed by atoms with E-state index < -0.39 is 50.1 Å². The summed E-state index contributed by atoms with van der Waals surface area (Å²) in [5, 5.41) is 34.5. The normalized spacial score (nSPS) is 9.73. The summed E-state index contributed by atoms with van der Waals surface area (Å²) in [6.07, 6.45) is 0. The molecule has 22 heavy (non-hydrogen) atoms. The molecule has 0 heterocycles. The molecule has 0 saturated carbocycles. The summed E-state index contributed by atoms with van der Waals surface area (Å²) in [5.41, 5.74) is 0. The Morgan fingerprint density at radius 3 is 0.909 bits per heavy atom. The summed E-state index contributed by atoms with van der Waals surface area (Å²) in [6, 6.07) is 0. The molecular weight excluding hydrogens is 344 g/mol. The minimum absolute atomic E-state index is 0. The van der Waals surface area contributed by atoms with E-state index in [2.05, 4.69) is 0 Å². The van der Waals surface area contributed by atoms with Crippen molar-refractivity contribution in [3.8, 4) is 0 Å². The van der Waals surface area contributed by atoms with Gasteiger partial charge in [-0.15, -0.1) is 0 Å². The van der Waals surface area contributed by atoms with E-state index in [1.807, 2.05) is 0 Å². The first kappa shape index (κ1) is 26.2. The summed E-state index contributed by atoms with van der Waals surface area (Å²) in [5.74, 6) is -4.91. The second-order valence-corrected chi connectivity index (χ2v) is 4.00. The smallest absolute Gasteiger partial charge is 0.0149 e. The molecule has 4 N–H and O–H groups in total. The molecule has 0 unspecified atom stereocenters. The summed E-state index contributed by atoms with van der Waals surface area (Å²) < 4.78 is 0. The number of carbonyl (C=O) groups is 4. The van der Waals surface area contributed by atoms with Gasteiger partial charge >= 0.3 is 61.6 Å². The average Bonchev–Trinajstić information content (AvgIpc) is 2.22. The van der Waals surface area contributed by atoms with Crippen LogP contribution >= 0.6 is 0 Å². The number of rotatable bonds is 11. The van der Waals surface area contributed by atoms with E-state index in [9.17, 15) is 19.2 Å². The number of hydrogen-bond acceptors (Lipinski definition) is 6. The molecular formula is C10H22CaN2O8Si. The van der Waals surface area contributed by atoms with Gasteiger partial charge in [0.05, 0.1) is 26.2 Å². The molecule has 0 bridgehead atoms. The molecule has 0 radical (unpaired) electrons. The fourth-order valence-electron chi connectivity index (χ4n) is 1.48. The number of carboxylic acid groups (broad SMARTS) is 4. The first-order valence-corrected chi connectivity index (χ1v) is 5.52. The van der Waals surface area contributed by atoms with Crippen LogP contribution in [0.3, 0.4) is 0 Å². The number of aliphatic carboxylic acids is 4. The maximum absolute atomic E-state index is 10.6. The van der Waals surface area contributed by atoms with Crippen LogP contribution in [-0.4, -0.2) is 142 Å². The van der Waals surface area contributed by atoms with Crippen LogP contribution in [0.1, 0.15) is 0 Å². The summed E-state index contributed by atoms with van der Waals surface area (Å²) in [7, 11) is 0. The molecule has 0 aromatic rings. The zero-order valence-electron chi connectivity index (χ0n) is 10.6. The van der Waals surface area contributed by atoms with Gasteiger partial charge in [0.25, 0.3) is 0 Å². The van der Waals surface area contributed by atoms with Gasteiger partial charge in [-0.2, -0.15) is 0 Å². The van der Waals surface area contributed by atoms with Gasteiger partial charge in [0.15, 0.2) is 0 Å². The Morgan fingerprint density at radius 1 is 0.591 bits per heavy atom. The van der Waals surface area contributed by atoms with Crippen molar-refractivity contribution in [2.45, 2.75) is 0 Å². The Labute approximate surface area is 160 Å². The number of carboxylic acids is 4. The Morgan fingerprint density at radius 2 is 0.773 bits per heavy atom. The van der Waals surface area contributed by atoms with E-state index in [1.54, 1.807) is 0 Å². The molecule has 0 saturated heterocycles. The average molecular weight is 366 g/mol. The predicted octanol–water partition coefficient (Wildman–Crippen LogP) is -4.44. The van der Waals surface area contributed by atoms with Crippen LogP contribution in [0, 0.1) is 0 Å². The Balaban J connectivity index is -0.00000180. The molecule has 10 nitrogen and oxygen atoms in total. The predicted molar refractivity (Wildman–Crippen MR) is 83.3 cm³/mol. The van der Waals surface area contributed by atoms with Crippen LogP contribution in [0.4, 0.5) is 0 Å². The van der Waals surface area contributed by atoms with Crippen LogP contribution in [0.15, 0.2) is 0 Å². The third-order valence-electron chi connectivity index (χ3n) is 2.17. The van der Waals surface area contributed by atoms with E-state index in [-0.39, 0.29) is 61.8 Å². The van der Waals surface area contributed by atoms with E-state index in [4.69, 9.17) is 20.4 Å². The first-order chi connectivity index (χ1) is 9.20. The van der Waals surface area contributed by atoms with Crippen LogP contribution in [0.25, 0.3) is 0 Å². The molecule has 126 valence electrons. The van der Waals surface area contributed by atoms with Gasteiger partial charge in [0.2, 0.25) is 0 Å². The van der Waals surface area contributed by atoms with Crippen molar-refractivity contribution in [3.05, 3.63) is 0 Å². The van der Waals surface area contributed by atoms with Gasteiger partial charge < -0.3 is 20.4 Å². The summed E-state index contributed by atoms with van der Waals surface area (Å²) >= 11 is 0. The van der Waals surface area contributed by atoms with E-state index >= 15 is 0 Å². The maximum Gasteiger partial charge on any atom is -0.0149 e. The van der Waals surface area contributed by atoms with Crippen molar-refractivity contribution in [1.82, 2.24) is 9.80 Å². The standard InChI is InChI=1S/C10H16N2O8.Ca.H4Si.2H/c13-7(14)3-11(4-8(15)16)1-2-12(5-9(17)18)6-10(19)20;;;;/h1-6H2,(H,13,14)(H,15,16)(H,17,18)(H,19,20);;1H4;;. The Bertz CT molecular complexity index is 327. The SMILES string of the molecule is O=C(O)CN(CCN(CC(=O)O)CC(=O)O)CC(=O)O.[CaH2].[SiH4]. The van der Waals surface area contributed by atoms with Crippen molar-refractivity contribution in [1.29, 1.82) is 0 Å². The molecule has 0 aliphatic carbocycles. The van der Waals surface area contributed by atoms with E-state index in [1.165, 1.54) is 0 Å². The summed E-state index contributed by atoms with van der Waals surface area (Å²) in [4.78, 5) is 44.4. The fraction of sp³-hybridized carbons (Fsp3) is 0.600. The molecule has 12 heteroatoms. The van der Waals surface area contributed by atoms with Gasteiger partial charge in [-0.25, -0.2) is 0 Å². The Kier molecular flexibility index (Phi) is 16.6. The third kappa shape index (κ3) is 15.7. The van der Waals surface area contributed by atoms with Gasteiger partial charge in [-0.05, 0) is 11.0 Å². The largest absolute Gasteiger partial charge is 0.0149 e. The zero-order chi connectivity index (χ0) is 15.7. The van der Waals surface area contributed by atoms with Crippen molar-refractivity contribution < 1.29 is 39.6 Å². The minimum atomic E-state index is -1.23. The number of nitrogens with zero attached hydrogens (tertiary/aromatic N) is 2. The number of hydrogen-bond donors (Lipinski definition) is 4. The monoisotopic (exact) mass is 366 g/mol. The van der Waals surface area contributed by atoms with Gasteiger partial charge in [-0.3, -0.25) is 29.0 Å². The molecule has 0 aliphatic heterocycles. The van der Waals surface area contributed by atoms with Gasteiger partial charge in [0, 0.05) is 13.1 Å². The van der Waals surface area contributed by atoms with Crippen molar-refractivity contribution in [3.63, 3.8) is 0 Å². The van der Waals surface area contributed by atoms with Gasteiger partial charge in [0.1, 0.15) is 0 Å². The van der Waals surface area contributed by atoms with Crippen molar-refractivity contribution in [2.75, 3.05) is 39.3 Å².